The van der Waals surface area contributed by atoms with E-state index in [1.807, 2.05) is 12.1 Å². The number of piperidine rings is 1. The minimum absolute atomic E-state index is 0.0507. The Kier molecular flexibility index (Phi) is 4.15. The van der Waals surface area contributed by atoms with E-state index in [-0.39, 0.29) is 18.4 Å². The molecule has 1 aromatic heterocycles. The van der Waals surface area contributed by atoms with Crippen LogP contribution in [0.1, 0.15) is 23.3 Å². The molecule has 1 aromatic rings. The number of nitrogens with zero attached hydrogens (tertiary/aromatic N) is 2. The van der Waals surface area contributed by atoms with Crippen molar-refractivity contribution >= 4 is 11.7 Å². The first-order valence-electron chi connectivity index (χ1n) is 6.29. The number of carbonyl (C=O) groups is 1. The molecule has 0 bridgehead atoms. The number of rotatable bonds is 3. The fraction of sp³-hybridized carbons (Fsp3) is 0.538. The van der Waals surface area contributed by atoms with Gasteiger partial charge in [-0.1, -0.05) is 6.07 Å². The van der Waals surface area contributed by atoms with E-state index < -0.39 is 0 Å². The molecule has 5 nitrogen and oxygen atoms in total. The third kappa shape index (κ3) is 2.79. The first kappa shape index (κ1) is 12.8. The highest BCUT2D eigenvalue weighted by molar-refractivity contribution is 5.92. The molecule has 2 N–H and O–H groups in total. The molecular formula is C13H19N3O2. The normalized spacial score (nSPS) is 19.7. The Morgan fingerprint density at radius 1 is 1.61 bits per heavy atom. The zero-order chi connectivity index (χ0) is 13.0. The molecule has 0 aliphatic carbocycles. The van der Waals surface area contributed by atoms with Crippen molar-refractivity contribution in [2.45, 2.75) is 12.8 Å². The Bertz CT molecular complexity index is 422. The number of anilines is 1. The molecule has 5 heteroatoms. The number of pyridine rings is 1. The van der Waals surface area contributed by atoms with E-state index in [1.54, 1.807) is 18.0 Å². The van der Waals surface area contributed by atoms with Crippen LogP contribution in [0.5, 0.6) is 0 Å². The fourth-order valence-electron chi connectivity index (χ4n) is 2.25. The number of aliphatic hydroxyl groups is 1. The van der Waals surface area contributed by atoms with Crippen LogP contribution in [-0.2, 0) is 0 Å². The second-order valence-corrected chi connectivity index (χ2v) is 4.60. The molecule has 1 atom stereocenters. The fourth-order valence-corrected chi connectivity index (χ4v) is 2.25. The zero-order valence-electron chi connectivity index (χ0n) is 10.6. The molecule has 2 heterocycles. The Hall–Kier alpha value is -1.62. The average Bonchev–Trinajstić information content (AvgIpc) is 2.46. The van der Waals surface area contributed by atoms with Gasteiger partial charge in [0.25, 0.3) is 5.91 Å². The van der Waals surface area contributed by atoms with Crippen molar-refractivity contribution < 1.29 is 9.90 Å². The highest BCUT2D eigenvalue weighted by atomic mass is 16.3. The van der Waals surface area contributed by atoms with Crippen LogP contribution in [-0.4, -0.2) is 47.6 Å². The van der Waals surface area contributed by atoms with Crippen molar-refractivity contribution in [2.75, 3.05) is 32.1 Å². The highest BCUT2D eigenvalue weighted by Gasteiger charge is 2.24. The number of nitrogens with one attached hydrogen (secondary N) is 1. The van der Waals surface area contributed by atoms with Crippen molar-refractivity contribution in [3.8, 4) is 0 Å². The summed E-state index contributed by atoms with van der Waals surface area (Å²) in [6, 6.07) is 5.37. The van der Waals surface area contributed by atoms with Crippen molar-refractivity contribution in [3.05, 3.63) is 23.9 Å². The van der Waals surface area contributed by atoms with Crippen LogP contribution in [0, 0.1) is 5.92 Å². The van der Waals surface area contributed by atoms with Gasteiger partial charge < -0.3 is 15.3 Å². The third-order valence-electron chi connectivity index (χ3n) is 3.29. The highest BCUT2D eigenvalue weighted by Crippen LogP contribution is 2.18. The van der Waals surface area contributed by atoms with Crippen LogP contribution < -0.4 is 5.32 Å². The molecular weight excluding hydrogens is 230 g/mol. The third-order valence-corrected chi connectivity index (χ3v) is 3.29. The summed E-state index contributed by atoms with van der Waals surface area (Å²) in [5.74, 6) is 0.844. The van der Waals surface area contributed by atoms with Crippen LogP contribution >= 0.6 is 0 Å². The van der Waals surface area contributed by atoms with Gasteiger partial charge in [0.15, 0.2) is 0 Å². The Morgan fingerprint density at radius 3 is 3.17 bits per heavy atom. The summed E-state index contributed by atoms with van der Waals surface area (Å²) in [7, 11) is 1.78. The van der Waals surface area contributed by atoms with Crippen LogP contribution in [0.3, 0.4) is 0 Å². The molecule has 1 fully saturated rings. The van der Waals surface area contributed by atoms with E-state index in [0.717, 1.165) is 19.4 Å². The molecule has 1 amide bonds. The van der Waals surface area contributed by atoms with E-state index in [2.05, 4.69) is 10.3 Å². The van der Waals surface area contributed by atoms with E-state index in [1.165, 1.54) is 0 Å². The summed E-state index contributed by atoms with van der Waals surface area (Å²) in [4.78, 5) is 18.3. The molecule has 1 saturated heterocycles. The lowest BCUT2D eigenvalue weighted by Crippen LogP contribution is -2.41. The largest absolute Gasteiger partial charge is 0.396 e. The first-order valence-corrected chi connectivity index (χ1v) is 6.29. The summed E-state index contributed by atoms with van der Waals surface area (Å²) in [5, 5.41) is 12.1. The number of carbonyl (C=O) groups excluding carboxylic acids is 1. The van der Waals surface area contributed by atoms with Gasteiger partial charge in [-0.2, -0.15) is 0 Å². The number of aliphatic hydroxyl groups excluding tert-OH is 1. The molecule has 0 aromatic carbocycles. The molecule has 98 valence electrons. The second-order valence-electron chi connectivity index (χ2n) is 4.60. The van der Waals surface area contributed by atoms with E-state index in [0.29, 0.717) is 18.1 Å². The summed E-state index contributed by atoms with van der Waals surface area (Å²) < 4.78 is 0. The monoisotopic (exact) mass is 249 g/mol. The number of hydrogen-bond donors (Lipinski definition) is 2. The molecule has 0 radical (unpaired) electrons. The number of aromatic nitrogens is 1. The van der Waals surface area contributed by atoms with Crippen LogP contribution in [0.25, 0.3) is 0 Å². The lowest BCUT2D eigenvalue weighted by atomic mass is 9.99. The van der Waals surface area contributed by atoms with Crippen molar-refractivity contribution in [2.24, 2.45) is 5.92 Å². The first-order chi connectivity index (χ1) is 8.74. The van der Waals surface area contributed by atoms with E-state index in [9.17, 15) is 9.90 Å². The van der Waals surface area contributed by atoms with E-state index >= 15 is 0 Å². The average molecular weight is 249 g/mol. The maximum atomic E-state index is 12.3. The minimum Gasteiger partial charge on any atom is -0.396 e. The van der Waals surface area contributed by atoms with Gasteiger partial charge in [-0.25, -0.2) is 4.98 Å². The lowest BCUT2D eigenvalue weighted by Gasteiger charge is -2.31. The standard InChI is InChI=1S/C13H19N3O2/c1-14-12-6-2-5-11(15-12)13(18)16-7-3-4-10(8-16)9-17/h2,5-6,10,17H,3-4,7-9H2,1H3,(H,14,15). The van der Waals surface area contributed by atoms with Crippen molar-refractivity contribution in [1.29, 1.82) is 0 Å². The van der Waals surface area contributed by atoms with Gasteiger partial charge in [0.2, 0.25) is 0 Å². The van der Waals surface area contributed by atoms with Gasteiger partial charge in [-0.15, -0.1) is 0 Å². The van der Waals surface area contributed by atoms with Gasteiger partial charge in [-0.05, 0) is 30.9 Å². The molecule has 18 heavy (non-hydrogen) atoms. The molecule has 0 spiro atoms. The zero-order valence-corrected chi connectivity index (χ0v) is 10.6. The summed E-state index contributed by atoms with van der Waals surface area (Å²) >= 11 is 0. The number of amides is 1. The van der Waals surface area contributed by atoms with Gasteiger partial charge >= 0.3 is 0 Å². The molecule has 1 unspecified atom stereocenters. The predicted octanol–water partition coefficient (Wildman–Crippen LogP) is 0.968. The van der Waals surface area contributed by atoms with Gasteiger partial charge in [-0.3, -0.25) is 4.79 Å². The summed E-state index contributed by atoms with van der Waals surface area (Å²) in [5.41, 5.74) is 0.459. The maximum absolute atomic E-state index is 12.3. The van der Waals surface area contributed by atoms with Crippen LogP contribution in [0.2, 0.25) is 0 Å². The van der Waals surface area contributed by atoms with Crippen LogP contribution in [0.4, 0.5) is 5.82 Å². The maximum Gasteiger partial charge on any atom is 0.272 e. The number of hydrogen-bond acceptors (Lipinski definition) is 4. The van der Waals surface area contributed by atoms with Gasteiger partial charge in [0, 0.05) is 26.7 Å². The van der Waals surface area contributed by atoms with Crippen LogP contribution in [0.15, 0.2) is 18.2 Å². The lowest BCUT2D eigenvalue weighted by molar-refractivity contribution is 0.0615. The SMILES string of the molecule is CNc1cccc(C(=O)N2CCCC(CO)C2)n1. The Morgan fingerprint density at radius 2 is 2.44 bits per heavy atom. The van der Waals surface area contributed by atoms with Gasteiger partial charge in [0.1, 0.15) is 11.5 Å². The minimum atomic E-state index is -0.0507. The second kappa shape index (κ2) is 5.82. The van der Waals surface area contributed by atoms with Gasteiger partial charge in [0.05, 0.1) is 0 Å². The molecule has 1 aliphatic rings. The van der Waals surface area contributed by atoms with Crippen molar-refractivity contribution in [3.63, 3.8) is 0 Å². The number of likely N-dealkylation sites (tertiary alicyclic amines) is 1. The topological polar surface area (TPSA) is 65.5 Å². The van der Waals surface area contributed by atoms with E-state index in [4.69, 9.17) is 0 Å². The molecule has 2 rings (SSSR count). The van der Waals surface area contributed by atoms with Crippen molar-refractivity contribution in [1.82, 2.24) is 9.88 Å². The Labute approximate surface area is 107 Å². The summed E-state index contributed by atoms with van der Waals surface area (Å²) in [6.07, 6.45) is 1.94. The Balaban J connectivity index is 2.10. The molecule has 1 aliphatic heterocycles. The smallest absolute Gasteiger partial charge is 0.272 e. The summed E-state index contributed by atoms with van der Waals surface area (Å²) in [6.45, 7) is 1.52. The quantitative estimate of drug-likeness (QED) is 0.837. The predicted molar refractivity (Wildman–Crippen MR) is 69.5 cm³/mol. The molecule has 0 saturated carbocycles.